The predicted octanol–water partition coefficient (Wildman–Crippen LogP) is -0.149. The first-order chi connectivity index (χ1) is 5.72. The second-order valence-electron chi connectivity index (χ2n) is 2.56. The Bertz CT molecular complexity index is 253. The topological polar surface area (TPSA) is 84.1 Å². The maximum Gasteiger partial charge on any atom is 0.131 e. The van der Waals surface area contributed by atoms with E-state index in [1.54, 1.807) is 6.07 Å². The SMILES string of the molecule is C[C@@H](CO)Nc1cc(N)ncn1. The van der Waals surface area contributed by atoms with Crippen molar-refractivity contribution in [3.8, 4) is 0 Å². The molecule has 0 aliphatic rings. The minimum absolute atomic E-state index is 0.0284. The molecule has 66 valence electrons. The number of hydrogen-bond acceptors (Lipinski definition) is 5. The summed E-state index contributed by atoms with van der Waals surface area (Å²) in [5.41, 5.74) is 5.42. The summed E-state index contributed by atoms with van der Waals surface area (Å²) in [5, 5.41) is 11.7. The zero-order valence-electron chi connectivity index (χ0n) is 6.86. The zero-order valence-corrected chi connectivity index (χ0v) is 6.86. The minimum Gasteiger partial charge on any atom is -0.394 e. The van der Waals surface area contributed by atoms with E-state index in [-0.39, 0.29) is 12.6 Å². The maximum atomic E-state index is 8.73. The lowest BCUT2D eigenvalue weighted by Crippen LogP contribution is -2.20. The number of anilines is 2. The summed E-state index contributed by atoms with van der Waals surface area (Å²) in [6, 6.07) is 1.59. The van der Waals surface area contributed by atoms with E-state index in [1.165, 1.54) is 6.33 Å². The van der Waals surface area contributed by atoms with E-state index in [1.807, 2.05) is 6.92 Å². The monoisotopic (exact) mass is 168 g/mol. The van der Waals surface area contributed by atoms with Crippen molar-refractivity contribution in [1.82, 2.24) is 9.97 Å². The molecule has 0 aliphatic carbocycles. The van der Waals surface area contributed by atoms with E-state index < -0.39 is 0 Å². The third-order valence-electron chi connectivity index (χ3n) is 1.36. The standard InChI is InChI=1S/C7H12N4O/c1-5(3-12)11-7-2-6(8)9-4-10-7/h2,4-5,12H,3H2,1H3,(H3,8,9,10,11)/t5-/m0/s1. The molecule has 1 rings (SSSR count). The van der Waals surface area contributed by atoms with E-state index in [4.69, 9.17) is 10.8 Å². The minimum atomic E-state index is -0.0284. The number of nitrogen functional groups attached to an aromatic ring is 1. The van der Waals surface area contributed by atoms with Gasteiger partial charge in [0.25, 0.3) is 0 Å². The van der Waals surface area contributed by atoms with Gasteiger partial charge in [-0.3, -0.25) is 0 Å². The molecule has 0 unspecified atom stereocenters. The molecule has 0 saturated carbocycles. The molecule has 12 heavy (non-hydrogen) atoms. The van der Waals surface area contributed by atoms with Gasteiger partial charge in [-0.15, -0.1) is 0 Å². The molecular formula is C7H12N4O. The van der Waals surface area contributed by atoms with Crippen LogP contribution in [0.15, 0.2) is 12.4 Å². The summed E-state index contributed by atoms with van der Waals surface area (Å²) in [6.45, 7) is 1.90. The van der Waals surface area contributed by atoms with Crippen LogP contribution in [-0.2, 0) is 0 Å². The molecular weight excluding hydrogens is 156 g/mol. The second kappa shape index (κ2) is 3.87. The lowest BCUT2D eigenvalue weighted by atomic mass is 10.3. The summed E-state index contributed by atoms with van der Waals surface area (Å²) in [5.74, 6) is 1.04. The Labute approximate surface area is 70.6 Å². The fourth-order valence-corrected chi connectivity index (χ4v) is 0.749. The number of rotatable bonds is 3. The molecule has 1 aromatic rings. The van der Waals surface area contributed by atoms with Crippen molar-refractivity contribution in [2.75, 3.05) is 17.7 Å². The molecule has 0 fully saturated rings. The number of aliphatic hydroxyl groups excluding tert-OH is 1. The van der Waals surface area contributed by atoms with Crippen LogP contribution >= 0.6 is 0 Å². The predicted molar refractivity (Wildman–Crippen MR) is 46.6 cm³/mol. The Balaban J connectivity index is 2.63. The molecule has 0 saturated heterocycles. The quantitative estimate of drug-likeness (QED) is 0.584. The van der Waals surface area contributed by atoms with Gasteiger partial charge in [0.15, 0.2) is 0 Å². The van der Waals surface area contributed by atoms with E-state index in [0.29, 0.717) is 11.6 Å². The fourth-order valence-electron chi connectivity index (χ4n) is 0.749. The van der Waals surface area contributed by atoms with Gasteiger partial charge in [-0.05, 0) is 6.92 Å². The molecule has 0 spiro atoms. The molecule has 1 atom stereocenters. The number of nitrogens with one attached hydrogen (secondary N) is 1. The lowest BCUT2D eigenvalue weighted by Gasteiger charge is -2.10. The van der Waals surface area contributed by atoms with Gasteiger partial charge in [-0.2, -0.15) is 0 Å². The van der Waals surface area contributed by atoms with Gasteiger partial charge in [0.2, 0.25) is 0 Å². The van der Waals surface area contributed by atoms with Crippen LogP contribution in [0.25, 0.3) is 0 Å². The van der Waals surface area contributed by atoms with E-state index >= 15 is 0 Å². The van der Waals surface area contributed by atoms with Crippen LogP contribution in [-0.4, -0.2) is 27.7 Å². The smallest absolute Gasteiger partial charge is 0.131 e. The number of aromatic nitrogens is 2. The van der Waals surface area contributed by atoms with Crippen molar-refractivity contribution >= 4 is 11.6 Å². The zero-order chi connectivity index (χ0) is 8.97. The highest BCUT2D eigenvalue weighted by Gasteiger charge is 2.00. The summed E-state index contributed by atoms with van der Waals surface area (Å²) in [4.78, 5) is 7.65. The molecule has 0 bridgehead atoms. The number of nitrogens with two attached hydrogens (primary N) is 1. The summed E-state index contributed by atoms with van der Waals surface area (Å²) in [6.07, 6.45) is 1.38. The highest BCUT2D eigenvalue weighted by molar-refractivity contribution is 5.43. The van der Waals surface area contributed by atoms with Gasteiger partial charge in [-0.25, -0.2) is 9.97 Å². The summed E-state index contributed by atoms with van der Waals surface area (Å²) in [7, 11) is 0. The highest BCUT2D eigenvalue weighted by Crippen LogP contribution is 2.05. The van der Waals surface area contributed by atoms with Gasteiger partial charge < -0.3 is 16.2 Å². The van der Waals surface area contributed by atoms with Crippen LogP contribution in [0.4, 0.5) is 11.6 Å². The average Bonchev–Trinajstić information content (AvgIpc) is 2.04. The van der Waals surface area contributed by atoms with Gasteiger partial charge >= 0.3 is 0 Å². The van der Waals surface area contributed by atoms with Crippen LogP contribution in [0, 0.1) is 0 Å². The highest BCUT2D eigenvalue weighted by atomic mass is 16.3. The largest absolute Gasteiger partial charge is 0.394 e. The molecule has 1 aromatic heterocycles. The van der Waals surface area contributed by atoms with Crippen molar-refractivity contribution < 1.29 is 5.11 Å². The van der Waals surface area contributed by atoms with Crippen molar-refractivity contribution in [2.24, 2.45) is 0 Å². The lowest BCUT2D eigenvalue weighted by molar-refractivity contribution is 0.281. The van der Waals surface area contributed by atoms with Crippen LogP contribution < -0.4 is 11.1 Å². The Hall–Kier alpha value is -1.36. The van der Waals surface area contributed by atoms with Crippen molar-refractivity contribution in [3.63, 3.8) is 0 Å². The molecule has 0 aromatic carbocycles. The Kier molecular flexibility index (Phi) is 2.82. The van der Waals surface area contributed by atoms with Gasteiger partial charge in [0.05, 0.1) is 6.61 Å². The molecule has 0 aliphatic heterocycles. The summed E-state index contributed by atoms with van der Waals surface area (Å²) < 4.78 is 0. The van der Waals surface area contributed by atoms with Crippen LogP contribution in [0.1, 0.15) is 6.92 Å². The molecule has 4 N–H and O–H groups in total. The second-order valence-corrected chi connectivity index (χ2v) is 2.56. The van der Waals surface area contributed by atoms with E-state index in [2.05, 4.69) is 15.3 Å². The van der Waals surface area contributed by atoms with Crippen LogP contribution in [0.3, 0.4) is 0 Å². The average molecular weight is 168 g/mol. The Morgan fingerprint density at radius 1 is 1.67 bits per heavy atom. The van der Waals surface area contributed by atoms with Crippen LogP contribution in [0.2, 0.25) is 0 Å². The number of hydrogen-bond donors (Lipinski definition) is 3. The van der Waals surface area contributed by atoms with Gasteiger partial charge in [0.1, 0.15) is 18.0 Å². The fraction of sp³-hybridized carbons (Fsp3) is 0.429. The number of aliphatic hydroxyl groups is 1. The van der Waals surface area contributed by atoms with E-state index in [9.17, 15) is 0 Å². The Morgan fingerprint density at radius 2 is 2.42 bits per heavy atom. The van der Waals surface area contributed by atoms with Gasteiger partial charge in [-0.1, -0.05) is 0 Å². The first-order valence-electron chi connectivity index (χ1n) is 3.67. The summed E-state index contributed by atoms with van der Waals surface area (Å²) >= 11 is 0. The molecule has 0 radical (unpaired) electrons. The van der Waals surface area contributed by atoms with Crippen molar-refractivity contribution in [2.45, 2.75) is 13.0 Å². The van der Waals surface area contributed by atoms with Crippen LogP contribution in [0.5, 0.6) is 0 Å². The third-order valence-corrected chi connectivity index (χ3v) is 1.36. The van der Waals surface area contributed by atoms with Crippen molar-refractivity contribution in [3.05, 3.63) is 12.4 Å². The van der Waals surface area contributed by atoms with Gasteiger partial charge in [0, 0.05) is 12.1 Å². The molecule has 1 heterocycles. The Morgan fingerprint density at radius 3 is 3.00 bits per heavy atom. The first-order valence-corrected chi connectivity index (χ1v) is 3.67. The van der Waals surface area contributed by atoms with E-state index in [0.717, 1.165) is 0 Å². The number of nitrogens with zero attached hydrogens (tertiary/aromatic N) is 2. The van der Waals surface area contributed by atoms with Crippen molar-refractivity contribution in [1.29, 1.82) is 0 Å². The normalized spacial score (nSPS) is 12.5. The molecule has 5 heteroatoms. The maximum absolute atomic E-state index is 8.73. The molecule has 0 amide bonds. The third kappa shape index (κ3) is 2.35. The first kappa shape index (κ1) is 8.73. The molecule has 5 nitrogen and oxygen atoms in total.